The molecule has 1 aromatic carbocycles. The Hall–Kier alpha value is -2.10. The quantitative estimate of drug-likeness (QED) is 0.653. The van der Waals surface area contributed by atoms with Crippen molar-refractivity contribution in [3.63, 3.8) is 0 Å². The average molecular weight is 246 g/mol. The van der Waals surface area contributed by atoms with E-state index in [1.165, 1.54) is 6.92 Å². The van der Waals surface area contributed by atoms with Crippen molar-refractivity contribution >= 4 is 11.8 Å². The van der Waals surface area contributed by atoms with Crippen LogP contribution in [0.25, 0.3) is 0 Å². The molecule has 0 aromatic heterocycles. The first-order valence-corrected chi connectivity index (χ1v) is 5.69. The average Bonchev–Trinajstić information content (AvgIpc) is 2.57. The minimum Gasteiger partial charge on any atom is -0.507 e. The number of aliphatic hydroxyl groups is 1. The third-order valence-electron chi connectivity index (χ3n) is 2.91. The summed E-state index contributed by atoms with van der Waals surface area (Å²) in [6.07, 6.45) is -0.381. The Morgan fingerprint density at radius 2 is 1.94 bits per heavy atom. The van der Waals surface area contributed by atoms with E-state index in [1.54, 1.807) is 0 Å². The van der Waals surface area contributed by atoms with Crippen LogP contribution in [-0.2, 0) is 20.7 Å². The van der Waals surface area contributed by atoms with Crippen LogP contribution in [0.5, 0.6) is 0 Å². The van der Waals surface area contributed by atoms with Crippen LogP contribution >= 0.6 is 0 Å². The summed E-state index contributed by atoms with van der Waals surface area (Å²) in [5, 5.41) is 9.82. The highest BCUT2D eigenvalue weighted by Crippen LogP contribution is 2.24. The molecular formula is C14H14O4. The van der Waals surface area contributed by atoms with Crippen molar-refractivity contribution in [2.45, 2.75) is 26.4 Å². The summed E-state index contributed by atoms with van der Waals surface area (Å²) in [6, 6.07) is 7.70. The van der Waals surface area contributed by atoms with Crippen molar-refractivity contribution in [1.82, 2.24) is 0 Å². The van der Waals surface area contributed by atoms with E-state index in [4.69, 9.17) is 4.74 Å². The molecule has 1 N–H and O–H groups in total. The molecule has 0 bridgehead atoms. The lowest BCUT2D eigenvalue weighted by atomic mass is 10.0. The SMILES string of the molecule is CC(=O)C1=C(O)C(Cc2ccc(C)cc2)OC1=O. The van der Waals surface area contributed by atoms with Gasteiger partial charge in [-0.25, -0.2) is 4.79 Å². The van der Waals surface area contributed by atoms with Crippen molar-refractivity contribution in [3.05, 3.63) is 46.7 Å². The van der Waals surface area contributed by atoms with Crippen LogP contribution < -0.4 is 0 Å². The summed E-state index contributed by atoms with van der Waals surface area (Å²) in [4.78, 5) is 22.6. The van der Waals surface area contributed by atoms with Gasteiger partial charge in [-0.05, 0) is 19.4 Å². The van der Waals surface area contributed by atoms with Crippen molar-refractivity contribution in [1.29, 1.82) is 0 Å². The summed E-state index contributed by atoms with van der Waals surface area (Å²) >= 11 is 0. The molecule has 0 aliphatic carbocycles. The van der Waals surface area contributed by atoms with Crippen LogP contribution in [0.1, 0.15) is 18.1 Å². The third-order valence-corrected chi connectivity index (χ3v) is 2.91. The van der Waals surface area contributed by atoms with Crippen LogP contribution in [-0.4, -0.2) is 23.0 Å². The molecule has 1 aliphatic rings. The van der Waals surface area contributed by atoms with Gasteiger partial charge in [-0.15, -0.1) is 0 Å². The monoisotopic (exact) mass is 246 g/mol. The van der Waals surface area contributed by atoms with Crippen LogP contribution in [0, 0.1) is 6.92 Å². The van der Waals surface area contributed by atoms with Crippen molar-refractivity contribution in [2.75, 3.05) is 0 Å². The number of Topliss-reactive ketones (excluding diaryl/α,β-unsaturated/α-hetero) is 1. The summed E-state index contributed by atoms with van der Waals surface area (Å²) in [5.41, 5.74) is 1.84. The fourth-order valence-electron chi connectivity index (χ4n) is 1.91. The predicted molar refractivity (Wildman–Crippen MR) is 65.1 cm³/mol. The number of hydrogen-bond donors (Lipinski definition) is 1. The second-order valence-corrected chi connectivity index (χ2v) is 4.40. The first kappa shape index (κ1) is 12.4. The van der Waals surface area contributed by atoms with Gasteiger partial charge in [-0.3, -0.25) is 4.79 Å². The molecule has 4 heteroatoms. The second kappa shape index (κ2) is 4.64. The maximum Gasteiger partial charge on any atom is 0.346 e. The van der Waals surface area contributed by atoms with E-state index in [9.17, 15) is 14.7 Å². The number of carbonyl (C=O) groups is 2. The zero-order valence-electron chi connectivity index (χ0n) is 10.3. The molecule has 4 nitrogen and oxygen atoms in total. The van der Waals surface area contributed by atoms with Gasteiger partial charge in [0.1, 0.15) is 5.57 Å². The van der Waals surface area contributed by atoms with E-state index in [2.05, 4.69) is 0 Å². The lowest BCUT2D eigenvalue weighted by Crippen LogP contribution is -2.14. The fraction of sp³-hybridized carbons (Fsp3) is 0.286. The molecule has 1 atom stereocenters. The number of rotatable bonds is 3. The van der Waals surface area contributed by atoms with Gasteiger partial charge in [-0.1, -0.05) is 29.8 Å². The van der Waals surface area contributed by atoms with Crippen LogP contribution in [0.4, 0.5) is 0 Å². The highest BCUT2D eigenvalue weighted by molar-refractivity contribution is 6.18. The molecular weight excluding hydrogens is 232 g/mol. The number of carbonyl (C=O) groups excluding carboxylic acids is 2. The highest BCUT2D eigenvalue weighted by atomic mass is 16.6. The molecule has 1 unspecified atom stereocenters. The topological polar surface area (TPSA) is 63.6 Å². The Morgan fingerprint density at radius 3 is 2.44 bits per heavy atom. The maximum atomic E-state index is 11.4. The van der Waals surface area contributed by atoms with Crippen molar-refractivity contribution in [3.8, 4) is 0 Å². The Kier molecular flexibility index (Phi) is 3.19. The molecule has 18 heavy (non-hydrogen) atoms. The van der Waals surface area contributed by atoms with Gasteiger partial charge in [-0.2, -0.15) is 0 Å². The van der Waals surface area contributed by atoms with E-state index in [0.29, 0.717) is 6.42 Å². The van der Waals surface area contributed by atoms with E-state index in [-0.39, 0.29) is 11.3 Å². The van der Waals surface area contributed by atoms with Crippen LogP contribution in [0.15, 0.2) is 35.6 Å². The summed E-state index contributed by atoms with van der Waals surface area (Å²) < 4.78 is 5.00. The van der Waals surface area contributed by atoms with E-state index >= 15 is 0 Å². The fourth-order valence-corrected chi connectivity index (χ4v) is 1.91. The first-order chi connectivity index (χ1) is 8.49. The van der Waals surface area contributed by atoms with Crippen LogP contribution in [0.2, 0.25) is 0 Å². The summed E-state index contributed by atoms with van der Waals surface area (Å²) in [7, 11) is 0. The molecule has 0 fully saturated rings. The van der Waals surface area contributed by atoms with Crippen molar-refractivity contribution < 1.29 is 19.4 Å². The van der Waals surface area contributed by atoms with Gasteiger partial charge in [0, 0.05) is 6.42 Å². The minimum atomic E-state index is -0.751. The second-order valence-electron chi connectivity index (χ2n) is 4.40. The third kappa shape index (κ3) is 2.27. The first-order valence-electron chi connectivity index (χ1n) is 5.69. The number of benzene rings is 1. The maximum absolute atomic E-state index is 11.4. The number of cyclic esters (lactones) is 1. The standard InChI is InChI=1S/C14H14O4/c1-8-3-5-10(6-4-8)7-11-13(16)12(9(2)15)14(17)18-11/h3-6,11,16H,7H2,1-2H3. The number of ketones is 1. The molecule has 0 amide bonds. The zero-order chi connectivity index (χ0) is 13.3. The number of ether oxygens (including phenoxy) is 1. The molecule has 1 heterocycles. The summed E-state index contributed by atoms with van der Waals surface area (Å²) in [6.45, 7) is 3.21. The molecule has 0 saturated carbocycles. The predicted octanol–water partition coefficient (Wildman–Crippen LogP) is 1.86. The number of aryl methyl sites for hydroxylation is 1. The van der Waals surface area contributed by atoms with Crippen LogP contribution in [0.3, 0.4) is 0 Å². The molecule has 0 radical (unpaired) electrons. The number of aliphatic hydroxyl groups excluding tert-OH is 1. The molecule has 1 aromatic rings. The molecule has 1 aliphatic heterocycles. The minimum absolute atomic E-state index is 0.230. The molecule has 0 saturated heterocycles. The Balaban J connectivity index is 2.19. The van der Waals surface area contributed by atoms with E-state index < -0.39 is 17.9 Å². The van der Waals surface area contributed by atoms with Gasteiger partial charge in [0.05, 0.1) is 0 Å². The lowest BCUT2D eigenvalue weighted by Gasteiger charge is -2.10. The Bertz CT molecular complexity index is 525. The Morgan fingerprint density at radius 1 is 1.33 bits per heavy atom. The molecule has 2 rings (SSSR count). The van der Waals surface area contributed by atoms with Gasteiger partial charge >= 0.3 is 5.97 Å². The lowest BCUT2D eigenvalue weighted by molar-refractivity contribution is -0.140. The normalized spacial score (nSPS) is 19.0. The van der Waals surface area contributed by atoms with Gasteiger partial charge in [0.25, 0.3) is 0 Å². The zero-order valence-corrected chi connectivity index (χ0v) is 10.3. The molecule has 0 spiro atoms. The highest BCUT2D eigenvalue weighted by Gasteiger charge is 2.36. The smallest absolute Gasteiger partial charge is 0.346 e. The summed E-state index contributed by atoms with van der Waals surface area (Å²) in [5.74, 6) is -1.46. The van der Waals surface area contributed by atoms with Gasteiger partial charge < -0.3 is 9.84 Å². The number of hydrogen-bond acceptors (Lipinski definition) is 4. The number of esters is 1. The van der Waals surface area contributed by atoms with Gasteiger partial charge in [0.15, 0.2) is 17.6 Å². The molecule has 94 valence electrons. The van der Waals surface area contributed by atoms with Gasteiger partial charge in [0.2, 0.25) is 0 Å². The van der Waals surface area contributed by atoms with Crippen molar-refractivity contribution in [2.24, 2.45) is 0 Å². The largest absolute Gasteiger partial charge is 0.507 e. The van der Waals surface area contributed by atoms with E-state index in [1.807, 2.05) is 31.2 Å². The Labute approximate surface area is 105 Å². The van der Waals surface area contributed by atoms with E-state index in [0.717, 1.165) is 11.1 Å².